The van der Waals surface area contributed by atoms with Gasteiger partial charge in [0.1, 0.15) is 11.6 Å². The van der Waals surface area contributed by atoms with Crippen LogP contribution in [-0.2, 0) is 22.5 Å². The van der Waals surface area contributed by atoms with E-state index < -0.39 is 0 Å². The minimum absolute atomic E-state index is 0.0398. The second kappa shape index (κ2) is 7.44. The molecule has 0 saturated heterocycles. The fourth-order valence-electron chi connectivity index (χ4n) is 2.80. The maximum Gasteiger partial charge on any atom is 0.261 e. The fourth-order valence-corrected chi connectivity index (χ4v) is 2.80. The molecule has 3 rings (SSSR count). The summed E-state index contributed by atoms with van der Waals surface area (Å²) in [6.45, 7) is 1.78. The maximum atomic E-state index is 12.5. The molecular formula is C17H21N3O4. The summed E-state index contributed by atoms with van der Waals surface area (Å²) in [5, 5.41) is 3.27. The number of hydrogen-bond acceptors (Lipinski definition) is 5. The summed E-state index contributed by atoms with van der Waals surface area (Å²) < 4.78 is 12.1. The van der Waals surface area contributed by atoms with Crippen LogP contribution in [0.3, 0.4) is 0 Å². The molecule has 0 saturated carbocycles. The number of aryl methyl sites for hydroxylation is 1. The van der Waals surface area contributed by atoms with Crippen LogP contribution in [0.4, 0.5) is 0 Å². The van der Waals surface area contributed by atoms with Crippen molar-refractivity contribution < 1.29 is 14.3 Å². The van der Waals surface area contributed by atoms with E-state index in [4.69, 9.17) is 9.47 Å². The molecule has 7 heteroatoms. The third-order valence-electron chi connectivity index (χ3n) is 4.00. The topological polar surface area (TPSA) is 82.4 Å². The lowest BCUT2D eigenvalue weighted by Crippen LogP contribution is -2.30. The quantitative estimate of drug-likeness (QED) is 0.762. The van der Waals surface area contributed by atoms with Gasteiger partial charge in [-0.3, -0.25) is 14.2 Å². The number of fused-ring (bicyclic) bond motifs is 2. The lowest BCUT2D eigenvalue weighted by Gasteiger charge is -2.09. The van der Waals surface area contributed by atoms with E-state index in [0.717, 1.165) is 25.1 Å². The molecule has 0 aliphatic carbocycles. The van der Waals surface area contributed by atoms with Gasteiger partial charge < -0.3 is 14.8 Å². The molecule has 0 fully saturated rings. The van der Waals surface area contributed by atoms with E-state index in [2.05, 4.69) is 10.3 Å². The fraction of sp³-hybridized carbons (Fsp3) is 0.471. The minimum atomic E-state index is -0.199. The van der Waals surface area contributed by atoms with Crippen molar-refractivity contribution in [2.24, 2.45) is 0 Å². The van der Waals surface area contributed by atoms with Crippen molar-refractivity contribution in [1.29, 1.82) is 0 Å². The van der Waals surface area contributed by atoms with Crippen molar-refractivity contribution >= 4 is 16.8 Å². The maximum absolute atomic E-state index is 12.5. The zero-order chi connectivity index (χ0) is 16.9. The molecule has 2 aromatic rings. The zero-order valence-electron chi connectivity index (χ0n) is 13.7. The molecule has 1 N–H and O–H groups in total. The Balaban J connectivity index is 1.66. The van der Waals surface area contributed by atoms with Crippen molar-refractivity contribution in [3.05, 3.63) is 34.4 Å². The molecule has 128 valence electrons. The normalized spacial score (nSPS) is 13.0. The summed E-state index contributed by atoms with van der Waals surface area (Å²) in [6.07, 6.45) is 2.55. The molecule has 1 amide bonds. The van der Waals surface area contributed by atoms with Crippen molar-refractivity contribution in [3.63, 3.8) is 0 Å². The zero-order valence-corrected chi connectivity index (χ0v) is 13.7. The van der Waals surface area contributed by atoms with Crippen molar-refractivity contribution in [3.8, 4) is 5.75 Å². The Kier molecular flexibility index (Phi) is 5.10. The van der Waals surface area contributed by atoms with E-state index in [1.807, 2.05) is 0 Å². The Bertz CT molecular complexity index is 800. The molecule has 0 bridgehead atoms. The highest BCUT2D eigenvalue weighted by Crippen LogP contribution is 2.19. The smallest absolute Gasteiger partial charge is 0.261 e. The molecule has 0 unspecified atom stereocenters. The van der Waals surface area contributed by atoms with Crippen LogP contribution in [0.1, 0.15) is 18.7 Å². The Labute approximate surface area is 139 Å². The Hall–Kier alpha value is -2.41. The summed E-state index contributed by atoms with van der Waals surface area (Å²) >= 11 is 0. The number of nitrogens with zero attached hydrogens (tertiary/aromatic N) is 2. The van der Waals surface area contributed by atoms with Crippen LogP contribution in [0.15, 0.2) is 23.0 Å². The summed E-state index contributed by atoms with van der Waals surface area (Å²) in [5.41, 5.74) is 0.631. The average molecular weight is 331 g/mol. The Morgan fingerprint density at radius 3 is 3.12 bits per heavy atom. The number of nitrogens with one attached hydrogen (secondary N) is 1. The summed E-state index contributed by atoms with van der Waals surface area (Å²) in [7, 11) is 1.62. The Morgan fingerprint density at radius 1 is 1.42 bits per heavy atom. The number of carbonyl (C=O) groups excluding carboxylic acids is 1. The van der Waals surface area contributed by atoms with E-state index in [0.29, 0.717) is 36.3 Å². The molecule has 24 heavy (non-hydrogen) atoms. The van der Waals surface area contributed by atoms with Crippen LogP contribution in [0.25, 0.3) is 10.9 Å². The second-order valence-electron chi connectivity index (χ2n) is 5.75. The largest absolute Gasteiger partial charge is 0.484 e. The number of aromatic nitrogens is 2. The third-order valence-corrected chi connectivity index (χ3v) is 4.00. The van der Waals surface area contributed by atoms with Crippen molar-refractivity contribution in [2.45, 2.75) is 25.8 Å². The van der Waals surface area contributed by atoms with Gasteiger partial charge in [-0.1, -0.05) is 0 Å². The summed E-state index contributed by atoms with van der Waals surface area (Å²) in [5.74, 6) is 1.14. The van der Waals surface area contributed by atoms with Crippen molar-refractivity contribution in [2.75, 3.05) is 26.9 Å². The number of rotatable bonds is 7. The minimum Gasteiger partial charge on any atom is -0.484 e. The van der Waals surface area contributed by atoms with Gasteiger partial charge in [0.2, 0.25) is 0 Å². The molecular weight excluding hydrogens is 310 g/mol. The molecule has 0 spiro atoms. The number of methoxy groups -OCH3 is 1. The van der Waals surface area contributed by atoms with Gasteiger partial charge in [0.05, 0.1) is 10.9 Å². The van der Waals surface area contributed by atoms with Crippen LogP contribution >= 0.6 is 0 Å². The van der Waals surface area contributed by atoms with Crippen LogP contribution in [0.5, 0.6) is 5.75 Å². The van der Waals surface area contributed by atoms with Crippen LogP contribution in [-0.4, -0.2) is 42.3 Å². The highest BCUT2D eigenvalue weighted by Gasteiger charge is 2.16. The summed E-state index contributed by atoms with van der Waals surface area (Å²) in [6, 6.07) is 5.16. The van der Waals surface area contributed by atoms with Gasteiger partial charge >= 0.3 is 0 Å². The number of ether oxygens (including phenoxy) is 2. The number of carbonyl (C=O) groups is 1. The molecule has 1 aromatic carbocycles. The van der Waals surface area contributed by atoms with Crippen molar-refractivity contribution in [1.82, 2.24) is 14.9 Å². The molecule has 1 aliphatic heterocycles. The first kappa shape index (κ1) is 16.4. The van der Waals surface area contributed by atoms with Crippen LogP contribution < -0.4 is 15.6 Å². The van der Waals surface area contributed by atoms with E-state index in [1.54, 1.807) is 29.9 Å². The first-order chi connectivity index (χ1) is 11.7. The van der Waals surface area contributed by atoms with Gasteiger partial charge in [0, 0.05) is 33.2 Å². The molecule has 0 radical (unpaired) electrons. The third kappa shape index (κ3) is 3.56. The highest BCUT2D eigenvalue weighted by atomic mass is 16.5. The number of benzene rings is 1. The van der Waals surface area contributed by atoms with E-state index in [1.165, 1.54) is 0 Å². The number of hydrogen-bond donors (Lipinski definition) is 1. The molecule has 7 nitrogen and oxygen atoms in total. The Morgan fingerprint density at radius 2 is 2.29 bits per heavy atom. The lowest BCUT2D eigenvalue weighted by atomic mass is 10.2. The predicted octanol–water partition coefficient (Wildman–Crippen LogP) is 0.874. The van der Waals surface area contributed by atoms with Gasteiger partial charge in [-0.2, -0.15) is 0 Å². The van der Waals surface area contributed by atoms with Gasteiger partial charge in [0.15, 0.2) is 6.61 Å². The van der Waals surface area contributed by atoms with E-state index >= 15 is 0 Å². The van der Waals surface area contributed by atoms with Crippen LogP contribution in [0, 0.1) is 0 Å². The van der Waals surface area contributed by atoms with Gasteiger partial charge in [0.25, 0.3) is 11.5 Å². The van der Waals surface area contributed by atoms with E-state index in [9.17, 15) is 9.59 Å². The standard InChI is InChI=1S/C17H21N3O4/c1-23-9-3-7-18-16(21)11-24-12-5-6-14-13(10-12)17(22)20-8-2-4-15(20)19-14/h5-6,10H,2-4,7-9,11H2,1H3,(H,18,21). The lowest BCUT2D eigenvalue weighted by molar-refractivity contribution is -0.123. The molecule has 1 aliphatic rings. The van der Waals surface area contributed by atoms with Gasteiger partial charge in [-0.15, -0.1) is 0 Å². The monoisotopic (exact) mass is 331 g/mol. The average Bonchev–Trinajstić information content (AvgIpc) is 3.06. The molecule has 0 atom stereocenters. The van der Waals surface area contributed by atoms with Crippen LogP contribution in [0.2, 0.25) is 0 Å². The highest BCUT2D eigenvalue weighted by molar-refractivity contribution is 5.80. The SMILES string of the molecule is COCCCNC(=O)COc1ccc2nc3n(c(=O)c2c1)CCC3. The van der Waals surface area contributed by atoms with Gasteiger partial charge in [-0.25, -0.2) is 4.98 Å². The van der Waals surface area contributed by atoms with E-state index in [-0.39, 0.29) is 18.1 Å². The molecule has 1 aromatic heterocycles. The predicted molar refractivity (Wildman–Crippen MR) is 89.3 cm³/mol. The number of amides is 1. The first-order valence-corrected chi connectivity index (χ1v) is 8.11. The van der Waals surface area contributed by atoms with Gasteiger partial charge in [-0.05, 0) is 31.0 Å². The summed E-state index contributed by atoms with van der Waals surface area (Å²) in [4.78, 5) is 28.7. The first-order valence-electron chi connectivity index (χ1n) is 8.11. The molecule has 2 heterocycles. The second-order valence-corrected chi connectivity index (χ2v) is 5.75.